The highest BCUT2D eigenvalue weighted by molar-refractivity contribution is 5.97. The first kappa shape index (κ1) is 14.3. The Bertz CT molecular complexity index is 795. The lowest BCUT2D eigenvalue weighted by Gasteiger charge is -2.12. The van der Waals surface area contributed by atoms with Gasteiger partial charge in [-0.2, -0.15) is 10.5 Å². The Morgan fingerprint density at radius 1 is 1.00 bits per heavy atom. The monoisotopic (exact) mass is 276 g/mol. The SMILES string of the molecule is CC(=O)c1ccc(C#N)cc1Oc1cc(C#N)ccc1C. The lowest BCUT2D eigenvalue weighted by atomic mass is 10.1. The second-order valence-electron chi connectivity index (χ2n) is 4.57. The van der Waals surface area contributed by atoms with Gasteiger partial charge in [0.25, 0.3) is 0 Å². The van der Waals surface area contributed by atoms with Crippen molar-refractivity contribution in [1.29, 1.82) is 10.5 Å². The molecule has 0 aliphatic rings. The molecule has 4 heteroatoms. The summed E-state index contributed by atoms with van der Waals surface area (Å²) in [4.78, 5) is 11.6. The molecule has 0 N–H and O–H groups in total. The Morgan fingerprint density at radius 3 is 2.14 bits per heavy atom. The van der Waals surface area contributed by atoms with Crippen molar-refractivity contribution in [3.63, 3.8) is 0 Å². The van der Waals surface area contributed by atoms with Crippen LogP contribution < -0.4 is 4.74 Å². The predicted octanol–water partition coefficient (Wildman–Crippen LogP) is 3.73. The summed E-state index contributed by atoms with van der Waals surface area (Å²) in [5.41, 5.74) is 2.11. The van der Waals surface area contributed by atoms with E-state index in [2.05, 4.69) is 0 Å². The average molecular weight is 276 g/mol. The van der Waals surface area contributed by atoms with Gasteiger partial charge < -0.3 is 4.74 Å². The maximum atomic E-state index is 11.6. The number of nitriles is 2. The summed E-state index contributed by atoms with van der Waals surface area (Å²) in [6, 6.07) is 13.8. The summed E-state index contributed by atoms with van der Waals surface area (Å²) >= 11 is 0. The Morgan fingerprint density at radius 2 is 1.57 bits per heavy atom. The minimum atomic E-state index is -0.149. The number of nitrogens with zero attached hydrogens (tertiary/aromatic N) is 2. The standard InChI is InChI=1S/C17H12N2O2/c1-11-3-4-13(9-18)7-16(11)21-17-8-14(10-19)5-6-15(17)12(2)20/h3-8H,1-2H3. The Kier molecular flexibility index (Phi) is 4.02. The second-order valence-corrected chi connectivity index (χ2v) is 4.57. The van der Waals surface area contributed by atoms with Crippen LogP contribution >= 0.6 is 0 Å². The third kappa shape index (κ3) is 3.08. The quantitative estimate of drug-likeness (QED) is 0.800. The minimum Gasteiger partial charge on any atom is -0.456 e. The molecule has 0 aliphatic carbocycles. The number of aryl methyl sites for hydroxylation is 1. The van der Waals surface area contributed by atoms with Crippen molar-refractivity contribution >= 4 is 5.78 Å². The maximum absolute atomic E-state index is 11.6. The molecule has 2 rings (SSSR count). The third-order valence-electron chi connectivity index (χ3n) is 3.03. The molecule has 0 spiro atoms. The highest BCUT2D eigenvalue weighted by atomic mass is 16.5. The van der Waals surface area contributed by atoms with Gasteiger partial charge in [-0.25, -0.2) is 0 Å². The van der Waals surface area contributed by atoms with Crippen LogP contribution in [0.4, 0.5) is 0 Å². The van der Waals surface area contributed by atoms with E-state index in [1.807, 2.05) is 19.1 Å². The van der Waals surface area contributed by atoms with Gasteiger partial charge in [-0.05, 0) is 49.7 Å². The van der Waals surface area contributed by atoms with Crippen LogP contribution in [0.3, 0.4) is 0 Å². The van der Waals surface area contributed by atoms with Gasteiger partial charge in [0.1, 0.15) is 11.5 Å². The average Bonchev–Trinajstić information content (AvgIpc) is 2.49. The fourth-order valence-corrected chi connectivity index (χ4v) is 1.87. The molecule has 0 heterocycles. The number of carbonyl (C=O) groups excluding carboxylic acids is 1. The van der Waals surface area contributed by atoms with E-state index in [4.69, 9.17) is 15.3 Å². The van der Waals surface area contributed by atoms with Gasteiger partial charge in [0.15, 0.2) is 5.78 Å². The summed E-state index contributed by atoms with van der Waals surface area (Å²) in [6.07, 6.45) is 0. The number of hydrogen-bond acceptors (Lipinski definition) is 4. The van der Waals surface area contributed by atoms with Gasteiger partial charge in [-0.3, -0.25) is 4.79 Å². The van der Waals surface area contributed by atoms with Gasteiger partial charge in [-0.1, -0.05) is 6.07 Å². The van der Waals surface area contributed by atoms with Crippen molar-refractivity contribution in [3.8, 4) is 23.6 Å². The molecule has 2 aromatic rings. The second kappa shape index (κ2) is 5.90. The Balaban J connectivity index is 2.51. The van der Waals surface area contributed by atoms with E-state index in [0.717, 1.165) is 5.56 Å². The molecule has 0 aromatic heterocycles. The first-order valence-corrected chi connectivity index (χ1v) is 6.29. The van der Waals surface area contributed by atoms with Gasteiger partial charge in [0.2, 0.25) is 0 Å². The smallest absolute Gasteiger partial charge is 0.163 e. The zero-order chi connectivity index (χ0) is 15.4. The van der Waals surface area contributed by atoms with E-state index in [0.29, 0.717) is 28.2 Å². The van der Waals surface area contributed by atoms with Crippen molar-refractivity contribution in [3.05, 3.63) is 58.7 Å². The number of hydrogen-bond donors (Lipinski definition) is 0. The molecule has 0 atom stereocenters. The normalized spacial score (nSPS) is 9.52. The minimum absolute atomic E-state index is 0.149. The van der Waals surface area contributed by atoms with E-state index in [-0.39, 0.29) is 5.78 Å². The predicted molar refractivity (Wildman–Crippen MR) is 77.1 cm³/mol. The summed E-state index contributed by atoms with van der Waals surface area (Å²) < 4.78 is 5.76. The number of Topliss-reactive ketones (excluding diaryl/α,β-unsaturated/α-hetero) is 1. The van der Waals surface area contributed by atoms with Gasteiger partial charge in [-0.15, -0.1) is 0 Å². The molecule has 21 heavy (non-hydrogen) atoms. The zero-order valence-corrected chi connectivity index (χ0v) is 11.7. The van der Waals surface area contributed by atoms with E-state index in [9.17, 15) is 4.79 Å². The molecule has 0 amide bonds. The van der Waals surface area contributed by atoms with Crippen molar-refractivity contribution in [2.45, 2.75) is 13.8 Å². The molecule has 0 saturated heterocycles. The van der Waals surface area contributed by atoms with Crippen LogP contribution in [-0.4, -0.2) is 5.78 Å². The molecule has 0 radical (unpaired) electrons. The number of benzene rings is 2. The fraction of sp³-hybridized carbons (Fsp3) is 0.118. The molecule has 2 aromatic carbocycles. The van der Waals surface area contributed by atoms with Gasteiger partial charge in [0.05, 0.1) is 28.8 Å². The van der Waals surface area contributed by atoms with Crippen molar-refractivity contribution in [2.24, 2.45) is 0 Å². The lowest BCUT2D eigenvalue weighted by molar-refractivity contribution is 0.101. The van der Waals surface area contributed by atoms with Crippen molar-refractivity contribution in [2.75, 3.05) is 0 Å². The third-order valence-corrected chi connectivity index (χ3v) is 3.03. The molecule has 0 unspecified atom stereocenters. The van der Waals surface area contributed by atoms with Crippen LogP contribution in [0.25, 0.3) is 0 Å². The summed E-state index contributed by atoms with van der Waals surface area (Å²) in [5.74, 6) is 0.662. The van der Waals surface area contributed by atoms with E-state index in [1.54, 1.807) is 30.3 Å². The molecule has 0 fully saturated rings. The van der Waals surface area contributed by atoms with Crippen LogP contribution in [0.1, 0.15) is 34.0 Å². The molecular formula is C17H12N2O2. The summed E-state index contributed by atoms with van der Waals surface area (Å²) in [6.45, 7) is 3.28. The highest BCUT2D eigenvalue weighted by Gasteiger charge is 2.12. The van der Waals surface area contributed by atoms with E-state index >= 15 is 0 Å². The Hall–Kier alpha value is -3.11. The van der Waals surface area contributed by atoms with Crippen LogP contribution in [-0.2, 0) is 0 Å². The zero-order valence-electron chi connectivity index (χ0n) is 11.7. The molecule has 0 aliphatic heterocycles. The molecule has 4 nitrogen and oxygen atoms in total. The van der Waals surface area contributed by atoms with Crippen molar-refractivity contribution in [1.82, 2.24) is 0 Å². The van der Waals surface area contributed by atoms with Crippen molar-refractivity contribution < 1.29 is 9.53 Å². The molecule has 0 saturated carbocycles. The molecular weight excluding hydrogens is 264 g/mol. The summed E-state index contributed by atoms with van der Waals surface area (Å²) in [7, 11) is 0. The number of ketones is 1. The molecule has 102 valence electrons. The largest absolute Gasteiger partial charge is 0.456 e. The van der Waals surface area contributed by atoms with Crippen LogP contribution in [0.5, 0.6) is 11.5 Å². The van der Waals surface area contributed by atoms with E-state index in [1.165, 1.54) is 13.0 Å². The van der Waals surface area contributed by atoms with E-state index < -0.39 is 0 Å². The fourth-order valence-electron chi connectivity index (χ4n) is 1.87. The van der Waals surface area contributed by atoms with Gasteiger partial charge >= 0.3 is 0 Å². The lowest BCUT2D eigenvalue weighted by Crippen LogP contribution is -1.99. The first-order valence-electron chi connectivity index (χ1n) is 6.29. The number of carbonyl (C=O) groups is 1. The van der Waals surface area contributed by atoms with Crippen LogP contribution in [0.2, 0.25) is 0 Å². The molecule has 0 bridgehead atoms. The summed E-state index contributed by atoms with van der Waals surface area (Å²) in [5, 5.41) is 17.9. The number of rotatable bonds is 3. The topological polar surface area (TPSA) is 73.9 Å². The van der Waals surface area contributed by atoms with Crippen LogP contribution in [0.15, 0.2) is 36.4 Å². The maximum Gasteiger partial charge on any atom is 0.163 e. The number of ether oxygens (including phenoxy) is 1. The van der Waals surface area contributed by atoms with Crippen LogP contribution in [0, 0.1) is 29.6 Å². The Labute approximate surface area is 122 Å². The first-order chi connectivity index (χ1) is 10.0. The highest BCUT2D eigenvalue weighted by Crippen LogP contribution is 2.30. The van der Waals surface area contributed by atoms with Gasteiger partial charge in [0, 0.05) is 0 Å².